The predicted octanol–water partition coefficient (Wildman–Crippen LogP) is 3.68. The van der Waals surface area contributed by atoms with Crippen molar-refractivity contribution in [2.75, 3.05) is 13.1 Å². The maximum atomic E-state index is 6.11. The molecule has 1 saturated heterocycles. The third kappa shape index (κ3) is 2.91. The molecule has 110 valence electrons. The summed E-state index contributed by atoms with van der Waals surface area (Å²) < 4.78 is 0. The molecular formula is C18H28N2. The second kappa shape index (κ2) is 5.87. The number of nitrogens with zero attached hydrogens (tertiary/aromatic N) is 1. The number of hydrogen-bond donors (Lipinski definition) is 1. The first-order valence-electron chi connectivity index (χ1n) is 8.24. The Morgan fingerprint density at radius 1 is 1.10 bits per heavy atom. The van der Waals surface area contributed by atoms with Crippen molar-refractivity contribution in [1.82, 2.24) is 4.90 Å². The molecule has 3 atom stereocenters. The summed E-state index contributed by atoms with van der Waals surface area (Å²) in [5.41, 5.74) is 9.03. The van der Waals surface area contributed by atoms with Crippen LogP contribution in [0, 0.1) is 5.92 Å². The molecule has 1 saturated carbocycles. The van der Waals surface area contributed by atoms with E-state index in [9.17, 15) is 0 Å². The quantitative estimate of drug-likeness (QED) is 0.906. The number of likely N-dealkylation sites (tertiary alicyclic amines) is 1. The molecule has 2 heteroatoms. The summed E-state index contributed by atoms with van der Waals surface area (Å²) in [6.07, 6.45) is 5.41. The molecule has 0 bridgehead atoms. The first-order chi connectivity index (χ1) is 9.69. The normalized spacial score (nSPS) is 29.4. The van der Waals surface area contributed by atoms with E-state index in [-0.39, 0.29) is 0 Å². The summed E-state index contributed by atoms with van der Waals surface area (Å²) in [7, 11) is 0. The minimum atomic E-state index is 0.390. The summed E-state index contributed by atoms with van der Waals surface area (Å²) in [5, 5.41) is 0. The van der Waals surface area contributed by atoms with Crippen LogP contribution in [0.25, 0.3) is 0 Å². The third-order valence-electron chi connectivity index (χ3n) is 5.16. The summed E-state index contributed by atoms with van der Waals surface area (Å²) in [4.78, 5) is 2.63. The lowest BCUT2D eigenvalue weighted by Gasteiger charge is -2.42. The molecular weight excluding hydrogens is 244 g/mol. The van der Waals surface area contributed by atoms with Gasteiger partial charge in [0.15, 0.2) is 0 Å². The fraction of sp³-hybridized carbons (Fsp3) is 0.667. The van der Waals surface area contributed by atoms with Gasteiger partial charge in [-0.15, -0.1) is 0 Å². The molecule has 20 heavy (non-hydrogen) atoms. The van der Waals surface area contributed by atoms with E-state index < -0.39 is 0 Å². The number of nitrogens with two attached hydrogens (primary N) is 1. The van der Waals surface area contributed by atoms with Gasteiger partial charge < -0.3 is 5.73 Å². The maximum Gasteiger partial charge on any atom is 0.0473 e. The van der Waals surface area contributed by atoms with Crippen LogP contribution < -0.4 is 5.73 Å². The molecule has 0 spiro atoms. The summed E-state index contributed by atoms with van der Waals surface area (Å²) in [6.45, 7) is 6.63. The standard InChI is InChI=1S/C18H28N2/c1-13-3-4-14(2)20(12-13)18(11-19)17-9-7-16(8-10-17)15-5-6-15/h7-10,13-15,18H,3-6,11-12,19H2,1-2H3. The van der Waals surface area contributed by atoms with Gasteiger partial charge in [-0.1, -0.05) is 31.2 Å². The Bertz CT molecular complexity index is 435. The highest BCUT2D eigenvalue weighted by Crippen LogP contribution is 2.40. The largest absolute Gasteiger partial charge is 0.329 e. The van der Waals surface area contributed by atoms with Crippen LogP contribution in [-0.2, 0) is 0 Å². The second-order valence-corrected chi connectivity index (χ2v) is 6.92. The van der Waals surface area contributed by atoms with Gasteiger partial charge in [0.1, 0.15) is 0 Å². The molecule has 2 fully saturated rings. The molecule has 1 aliphatic carbocycles. The highest BCUT2D eigenvalue weighted by Gasteiger charge is 2.29. The molecule has 3 rings (SSSR count). The Balaban J connectivity index is 1.77. The molecule has 3 unspecified atom stereocenters. The van der Waals surface area contributed by atoms with E-state index >= 15 is 0 Å². The highest BCUT2D eigenvalue weighted by atomic mass is 15.2. The highest BCUT2D eigenvalue weighted by molar-refractivity contribution is 5.30. The van der Waals surface area contributed by atoms with Gasteiger partial charge in [0.25, 0.3) is 0 Å². The minimum absolute atomic E-state index is 0.390. The van der Waals surface area contributed by atoms with Crippen molar-refractivity contribution < 1.29 is 0 Å². The van der Waals surface area contributed by atoms with Crippen LogP contribution in [0.4, 0.5) is 0 Å². The number of rotatable bonds is 4. The van der Waals surface area contributed by atoms with Gasteiger partial charge in [-0.25, -0.2) is 0 Å². The van der Waals surface area contributed by atoms with Gasteiger partial charge in [0.05, 0.1) is 0 Å². The van der Waals surface area contributed by atoms with Crippen molar-refractivity contribution >= 4 is 0 Å². The number of hydrogen-bond acceptors (Lipinski definition) is 2. The van der Waals surface area contributed by atoms with Gasteiger partial charge >= 0.3 is 0 Å². The van der Waals surface area contributed by atoms with Gasteiger partial charge in [-0.2, -0.15) is 0 Å². The Kier molecular flexibility index (Phi) is 4.13. The molecule has 1 aromatic rings. The van der Waals surface area contributed by atoms with Gasteiger partial charge in [-0.05, 0) is 55.6 Å². The fourth-order valence-electron chi connectivity index (χ4n) is 3.63. The topological polar surface area (TPSA) is 29.3 Å². The number of benzene rings is 1. The van der Waals surface area contributed by atoms with E-state index in [0.29, 0.717) is 12.1 Å². The van der Waals surface area contributed by atoms with E-state index in [2.05, 4.69) is 43.0 Å². The molecule has 2 nitrogen and oxygen atoms in total. The molecule has 2 aliphatic rings. The van der Waals surface area contributed by atoms with Crippen LogP contribution in [0.3, 0.4) is 0 Å². The Morgan fingerprint density at radius 3 is 2.40 bits per heavy atom. The zero-order chi connectivity index (χ0) is 14.1. The van der Waals surface area contributed by atoms with E-state index in [1.54, 1.807) is 0 Å². The van der Waals surface area contributed by atoms with Crippen molar-refractivity contribution in [2.24, 2.45) is 11.7 Å². The summed E-state index contributed by atoms with van der Waals surface area (Å²) >= 11 is 0. The van der Waals surface area contributed by atoms with Crippen molar-refractivity contribution in [3.05, 3.63) is 35.4 Å². The van der Waals surface area contributed by atoms with Crippen molar-refractivity contribution in [1.29, 1.82) is 0 Å². The van der Waals surface area contributed by atoms with Crippen molar-refractivity contribution in [3.8, 4) is 0 Å². The van der Waals surface area contributed by atoms with Gasteiger partial charge in [0, 0.05) is 25.2 Å². The van der Waals surface area contributed by atoms with Crippen LogP contribution in [0.15, 0.2) is 24.3 Å². The molecule has 1 heterocycles. The zero-order valence-corrected chi connectivity index (χ0v) is 12.9. The van der Waals surface area contributed by atoms with E-state index in [1.807, 2.05) is 0 Å². The average Bonchev–Trinajstić information content (AvgIpc) is 3.29. The Labute approximate surface area is 123 Å². The van der Waals surface area contributed by atoms with Crippen LogP contribution >= 0.6 is 0 Å². The molecule has 2 N–H and O–H groups in total. The molecule has 0 amide bonds. The summed E-state index contributed by atoms with van der Waals surface area (Å²) in [6, 6.07) is 10.3. The number of piperidine rings is 1. The van der Waals surface area contributed by atoms with Crippen molar-refractivity contribution in [2.45, 2.75) is 57.5 Å². The minimum Gasteiger partial charge on any atom is -0.329 e. The first-order valence-corrected chi connectivity index (χ1v) is 8.24. The lowest BCUT2D eigenvalue weighted by Crippen LogP contribution is -2.45. The monoisotopic (exact) mass is 272 g/mol. The average molecular weight is 272 g/mol. The first kappa shape index (κ1) is 14.1. The van der Waals surface area contributed by atoms with Gasteiger partial charge in [-0.3, -0.25) is 4.90 Å². The van der Waals surface area contributed by atoms with Gasteiger partial charge in [0.2, 0.25) is 0 Å². The van der Waals surface area contributed by atoms with Crippen molar-refractivity contribution in [3.63, 3.8) is 0 Å². The molecule has 0 aromatic heterocycles. The van der Waals surface area contributed by atoms with Crippen LogP contribution in [0.5, 0.6) is 0 Å². The second-order valence-electron chi connectivity index (χ2n) is 6.92. The third-order valence-corrected chi connectivity index (χ3v) is 5.16. The van der Waals surface area contributed by atoms with Crippen LogP contribution in [0.2, 0.25) is 0 Å². The smallest absolute Gasteiger partial charge is 0.0473 e. The Hall–Kier alpha value is -0.860. The molecule has 0 radical (unpaired) electrons. The fourth-order valence-corrected chi connectivity index (χ4v) is 3.63. The van der Waals surface area contributed by atoms with E-state index in [1.165, 1.54) is 43.4 Å². The van der Waals surface area contributed by atoms with E-state index in [4.69, 9.17) is 5.73 Å². The van der Waals surface area contributed by atoms with Crippen LogP contribution in [-0.4, -0.2) is 24.0 Å². The lowest BCUT2D eigenvalue weighted by atomic mass is 9.91. The SMILES string of the molecule is CC1CCC(C)N(C(CN)c2ccc(C3CC3)cc2)C1. The van der Waals surface area contributed by atoms with E-state index in [0.717, 1.165) is 18.4 Å². The predicted molar refractivity (Wildman–Crippen MR) is 84.8 cm³/mol. The summed E-state index contributed by atoms with van der Waals surface area (Å²) in [5.74, 6) is 1.64. The molecule has 1 aromatic carbocycles. The molecule has 1 aliphatic heterocycles. The zero-order valence-electron chi connectivity index (χ0n) is 12.9. The lowest BCUT2D eigenvalue weighted by molar-refractivity contribution is 0.0798. The Morgan fingerprint density at radius 2 is 1.80 bits per heavy atom. The maximum absolute atomic E-state index is 6.11. The van der Waals surface area contributed by atoms with Crippen LogP contribution in [0.1, 0.15) is 62.6 Å².